The van der Waals surface area contributed by atoms with Crippen molar-refractivity contribution in [2.24, 2.45) is 0 Å². The second-order valence-corrected chi connectivity index (χ2v) is 5.51. The molecule has 1 aliphatic heterocycles. The number of aromatic nitrogens is 1. The third-order valence-corrected chi connectivity index (χ3v) is 3.88. The van der Waals surface area contributed by atoms with E-state index in [4.69, 9.17) is 21.4 Å². The molecule has 0 fully saturated rings. The molecule has 22 heavy (non-hydrogen) atoms. The summed E-state index contributed by atoms with van der Waals surface area (Å²) in [6.07, 6.45) is 2.69. The van der Waals surface area contributed by atoms with Gasteiger partial charge in [0.25, 0.3) is 0 Å². The molecule has 2 aromatic rings. The number of hydrogen-bond donors (Lipinski definition) is 2. The number of ether oxygens (including phenoxy) is 1. The Kier molecular flexibility index (Phi) is 4.27. The molecule has 3 rings (SSSR count). The quantitative estimate of drug-likeness (QED) is 0.906. The van der Waals surface area contributed by atoms with Crippen molar-refractivity contribution in [1.82, 2.24) is 4.98 Å². The molecule has 0 amide bonds. The summed E-state index contributed by atoms with van der Waals surface area (Å²) in [5.41, 5.74) is 4.03. The lowest BCUT2D eigenvalue weighted by Crippen LogP contribution is -2.13. The minimum absolute atomic E-state index is 0.0867. The van der Waals surface area contributed by atoms with Crippen LogP contribution in [-0.4, -0.2) is 22.7 Å². The van der Waals surface area contributed by atoms with Gasteiger partial charge in [-0.05, 0) is 35.4 Å². The molecule has 0 unspecified atom stereocenters. The molecule has 6 heteroatoms. The Labute approximate surface area is 132 Å². The van der Waals surface area contributed by atoms with E-state index in [1.165, 1.54) is 6.07 Å². The predicted octanol–water partition coefficient (Wildman–Crippen LogP) is 3.12. The Morgan fingerprint density at radius 2 is 2.27 bits per heavy atom. The van der Waals surface area contributed by atoms with Crippen molar-refractivity contribution < 1.29 is 14.6 Å². The molecule has 2 heterocycles. The molecule has 0 atom stereocenters. The second kappa shape index (κ2) is 6.34. The van der Waals surface area contributed by atoms with Crippen LogP contribution >= 0.6 is 11.6 Å². The number of hydrogen-bond acceptors (Lipinski definition) is 4. The zero-order chi connectivity index (χ0) is 15.5. The number of aromatic carboxylic acids is 1. The largest absolute Gasteiger partial charge is 0.478 e. The van der Waals surface area contributed by atoms with Gasteiger partial charge in [-0.3, -0.25) is 4.98 Å². The molecule has 0 spiro atoms. The zero-order valence-electron chi connectivity index (χ0n) is 11.8. The van der Waals surface area contributed by atoms with Crippen LogP contribution in [0.5, 0.6) is 0 Å². The highest BCUT2D eigenvalue weighted by atomic mass is 35.5. The number of halogens is 1. The minimum atomic E-state index is -1.04. The van der Waals surface area contributed by atoms with Crippen molar-refractivity contribution >= 4 is 23.3 Å². The van der Waals surface area contributed by atoms with Crippen LogP contribution < -0.4 is 5.32 Å². The maximum absolute atomic E-state index is 11.1. The van der Waals surface area contributed by atoms with E-state index in [0.29, 0.717) is 18.8 Å². The molecule has 114 valence electrons. The number of carboxylic acids is 1. The molecule has 1 aliphatic rings. The first kappa shape index (κ1) is 14.8. The van der Waals surface area contributed by atoms with E-state index in [1.807, 2.05) is 6.20 Å². The first-order valence-electron chi connectivity index (χ1n) is 6.94. The lowest BCUT2D eigenvalue weighted by molar-refractivity contribution is 0.0697. The SMILES string of the molecule is O=C(O)c1cc(NCc2cnc3c(c2)COCC3)ccc1Cl. The highest BCUT2D eigenvalue weighted by molar-refractivity contribution is 6.33. The summed E-state index contributed by atoms with van der Waals surface area (Å²) in [4.78, 5) is 15.5. The summed E-state index contributed by atoms with van der Waals surface area (Å²) < 4.78 is 5.43. The lowest BCUT2D eigenvalue weighted by Gasteiger charge is -2.16. The van der Waals surface area contributed by atoms with Gasteiger partial charge in [0.05, 0.1) is 23.8 Å². The molecule has 1 aromatic heterocycles. The fourth-order valence-electron chi connectivity index (χ4n) is 2.39. The summed E-state index contributed by atoms with van der Waals surface area (Å²) in [5.74, 6) is -1.04. The normalized spacial score (nSPS) is 13.5. The minimum Gasteiger partial charge on any atom is -0.478 e. The Balaban J connectivity index is 1.72. The van der Waals surface area contributed by atoms with E-state index in [0.717, 1.165) is 29.8 Å². The lowest BCUT2D eigenvalue weighted by atomic mass is 10.1. The highest BCUT2D eigenvalue weighted by Gasteiger charge is 2.12. The van der Waals surface area contributed by atoms with Crippen molar-refractivity contribution in [2.45, 2.75) is 19.6 Å². The van der Waals surface area contributed by atoms with Crippen LogP contribution in [0, 0.1) is 0 Å². The van der Waals surface area contributed by atoms with E-state index < -0.39 is 5.97 Å². The molecular weight excluding hydrogens is 304 g/mol. The summed E-state index contributed by atoms with van der Waals surface area (Å²) in [6, 6.07) is 6.93. The van der Waals surface area contributed by atoms with E-state index in [-0.39, 0.29) is 10.6 Å². The van der Waals surface area contributed by atoms with Crippen molar-refractivity contribution in [1.29, 1.82) is 0 Å². The van der Waals surface area contributed by atoms with Crippen LogP contribution in [0.15, 0.2) is 30.5 Å². The Morgan fingerprint density at radius 3 is 3.09 bits per heavy atom. The zero-order valence-corrected chi connectivity index (χ0v) is 12.6. The van der Waals surface area contributed by atoms with Crippen LogP contribution in [0.25, 0.3) is 0 Å². The van der Waals surface area contributed by atoms with Crippen molar-refractivity contribution in [2.75, 3.05) is 11.9 Å². The van der Waals surface area contributed by atoms with Crippen LogP contribution in [0.1, 0.15) is 27.2 Å². The van der Waals surface area contributed by atoms with Crippen LogP contribution in [0.2, 0.25) is 5.02 Å². The Hall–Kier alpha value is -2.11. The number of anilines is 1. The smallest absolute Gasteiger partial charge is 0.337 e. The molecule has 0 aliphatic carbocycles. The van der Waals surface area contributed by atoms with Gasteiger partial charge in [0, 0.05) is 30.5 Å². The summed E-state index contributed by atoms with van der Waals surface area (Å²) in [6.45, 7) is 1.88. The second-order valence-electron chi connectivity index (χ2n) is 5.11. The van der Waals surface area contributed by atoms with Gasteiger partial charge >= 0.3 is 5.97 Å². The molecule has 0 saturated heterocycles. The standard InChI is InChI=1S/C16H15ClN2O3/c17-14-2-1-12(6-13(14)16(20)21)18-7-10-5-11-9-22-4-3-15(11)19-8-10/h1-2,5-6,8,18H,3-4,7,9H2,(H,20,21). The number of carbonyl (C=O) groups is 1. The third-order valence-electron chi connectivity index (χ3n) is 3.55. The summed E-state index contributed by atoms with van der Waals surface area (Å²) in [5, 5.41) is 12.5. The highest BCUT2D eigenvalue weighted by Crippen LogP contribution is 2.21. The van der Waals surface area contributed by atoms with Crippen molar-refractivity contribution in [3.8, 4) is 0 Å². The Bertz CT molecular complexity index is 719. The summed E-state index contributed by atoms with van der Waals surface area (Å²) >= 11 is 5.86. The fourth-order valence-corrected chi connectivity index (χ4v) is 2.59. The number of pyridine rings is 1. The van der Waals surface area contributed by atoms with Gasteiger partial charge in [-0.1, -0.05) is 11.6 Å². The molecule has 0 saturated carbocycles. The number of fused-ring (bicyclic) bond motifs is 1. The average Bonchev–Trinajstić information content (AvgIpc) is 2.53. The summed E-state index contributed by atoms with van der Waals surface area (Å²) in [7, 11) is 0. The fraction of sp³-hybridized carbons (Fsp3) is 0.250. The maximum atomic E-state index is 11.1. The van der Waals surface area contributed by atoms with Crippen LogP contribution in [0.4, 0.5) is 5.69 Å². The molecule has 5 nitrogen and oxygen atoms in total. The first-order valence-corrected chi connectivity index (χ1v) is 7.32. The third kappa shape index (κ3) is 3.21. The topological polar surface area (TPSA) is 71.5 Å². The molecule has 1 aromatic carbocycles. The maximum Gasteiger partial charge on any atom is 0.337 e. The van der Waals surface area contributed by atoms with Crippen molar-refractivity contribution in [3.63, 3.8) is 0 Å². The monoisotopic (exact) mass is 318 g/mol. The average molecular weight is 319 g/mol. The predicted molar refractivity (Wildman–Crippen MR) is 83.3 cm³/mol. The number of rotatable bonds is 4. The number of nitrogens with zero attached hydrogens (tertiary/aromatic N) is 1. The number of carboxylic acid groups (broad SMARTS) is 1. The van der Waals surface area contributed by atoms with E-state index >= 15 is 0 Å². The Morgan fingerprint density at radius 1 is 1.41 bits per heavy atom. The van der Waals surface area contributed by atoms with Crippen LogP contribution in [-0.2, 0) is 24.3 Å². The van der Waals surface area contributed by atoms with Gasteiger partial charge in [0.1, 0.15) is 0 Å². The number of nitrogens with one attached hydrogen (secondary N) is 1. The molecule has 0 radical (unpaired) electrons. The van der Waals surface area contributed by atoms with E-state index in [1.54, 1.807) is 12.1 Å². The number of benzene rings is 1. The van der Waals surface area contributed by atoms with Gasteiger partial charge in [0.2, 0.25) is 0 Å². The van der Waals surface area contributed by atoms with Gasteiger partial charge in [0.15, 0.2) is 0 Å². The van der Waals surface area contributed by atoms with Gasteiger partial charge < -0.3 is 15.2 Å². The van der Waals surface area contributed by atoms with Gasteiger partial charge in [-0.2, -0.15) is 0 Å². The van der Waals surface area contributed by atoms with Crippen molar-refractivity contribution in [3.05, 3.63) is 57.9 Å². The van der Waals surface area contributed by atoms with E-state index in [9.17, 15) is 4.79 Å². The molecular formula is C16H15ClN2O3. The van der Waals surface area contributed by atoms with Gasteiger partial charge in [-0.25, -0.2) is 4.79 Å². The molecule has 0 bridgehead atoms. The van der Waals surface area contributed by atoms with Gasteiger partial charge in [-0.15, -0.1) is 0 Å². The first-order chi connectivity index (χ1) is 10.6. The molecule has 2 N–H and O–H groups in total. The van der Waals surface area contributed by atoms with Crippen LogP contribution in [0.3, 0.4) is 0 Å². The van der Waals surface area contributed by atoms with E-state index in [2.05, 4.69) is 16.4 Å².